The van der Waals surface area contributed by atoms with Gasteiger partial charge in [0.2, 0.25) is 0 Å². The van der Waals surface area contributed by atoms with Gasteiger partial charge in [0.05, 0.1) is 5.52 Å². The van der Waals surface area contributed by atoms with Crippen LogP contribution in [0.15, 0.2) is 65.8 Å². The van der Waals surface area contributed by atoms with Crippen molar-refractivity contribution in [1.29, 1.82) is 0 Å². The second-order valence-corrected chi connectivity index (χ2v) is 7.17. The van der Waals surface area contributed by atoms with Crippen LogP contribution in [0, 0.1) is 5.82 Å². The molecule has 1 aromatic carbocycles. The number of nitrogens with two attached hydrogens (primary N) is 1. The number of aryl methyl sites for hydroxylation is 2. The van der Waals surface area contributed by atoms with Gasteiger partial charge < -0.3 is 15.4 Å². The number of halogens is 1. The number of amides is 1. The lowest BCUT2D eigenvalue weighted by Gasteiger charge is -2.14. The molecule has 0 atom stereocenters. The van der Waals surface area contributed by atoms with Crippen LogP contribution in [0.5, 0.6) is 5.75 Å². The lowest BCUT2D eigenvalue weighted by atomic mass is 10.0. The maximum Gasteiger partial charge on any atom is 0.267 e. The number of pyridine rings is 3. The molecule has 0 fully saturated rings. The van der Waals surface area contributed by atoms with E-state index < -0.39 is 22.8 Å². The van der Waals surface area contributed by atoms with E-state index in [1.54, 1.807) is 42.9 Å². The van der Waals surface area contributed by atoms with E-state index in [0.717, 1.165) is 16.7 Å². The average molecular weight is 418 g/mol. The number of fused-ring (bicyclic) bond motifs is 1. The van der Waals surface area contributed by atoms with Crippen molar-refractivity contribution < 1.29 is 14.3 Å². The van der Waals surface area contributed by atoms with E-state index >= 15 is 0 Å². The summed E-state index contributed by atoms with van der Waals surface area (Å²) in [5.41, 5.74) is 7.22. The van der Waals surface area contributed by atoms with Crippen molar-refractivity contribution in [3.8, 4) is 5.75 Å². The van der Waals surface area contributed by atoms with Gasteiger partial charge in [-0.1, -0.05) is 18.2 Å². The molecule has 0 saturated heterocycles. The van der Waals surface area contributed by atoms with Crippen LogP contribution in [-0.4, -0.2) is 25.5 Å². The highest BCUT2D eigenvalue weighted by molar-refractivity contribution is 6.00. The van der Waals surface area contributed by atoms with Crippen molar-refractivity contribution in [3.63, 3.8) is 0 Å². The van der Waals surface area contributed by atoms with Crippen LogP contribution in [-0.2, 0) is 19.4 Å². The fourth-order valence-corrected chi connectivity index (χ4v) is 3.51. The Bertz CT molecular complexity index is 1320. The van der Waals surface area contributed by atoms with Gasteiger partial charge in [0.25, 0.3) is 11.5 Å². The molecule has 0 spiro atoms. The number of primary amides is 1. The highest BCUT2D eigenvalue weighted by Gasteiger charge is 2.21. The lowest BCUT2D eigenvalue weighted by molar-refractivity contribution is 0.0996. The number of benzene rings is 1. The fraction of sp³-hybridized carbons (Fsp3) is 0.130. The number of hydrogen-bond donors (Lipinski definition) is 2. The summed E-state index contributed by atoms with van der Waals surface area (Å²) in [6.07, 6.45) is 5.84. The zero-order valence-corrected chi connectivity index (χ0v) is 16.5. The van der Waals surface area contributed by atoms with Gasteiger partial charge in [-0.2, -0.15) is 0 Å². The number of aromatic hydroxyl groups is 1. The number of carbonyl (C=O) groups excluding carboxylic acids is 1. The van der Waals surface area contributed by atoms with Gasteiger partial charge >= 0.3 is 0 Å². The zero-order chi connectivity index (χ0) is 22.0. The van der Waals surface area contributed by atoms with Gasteiger partial charge in [-0.3, -0.25) is 19.6 Å². The highest BCUT2D eigenvalue weighted by atomic mass is 19.1. The quantitative estimate of drug-likeness (QED) is 0.500. The minimum atomic E-state index is -1.02. The molecule has 0 aliphatic heterocycles. The van der Waals surface area contributed by atoms with Gasteiger partial charge in [-0.25, -0.2) is 4.39 Å². The first-order valence-electron chi connectivity index (χ1n) is 9.61. The van der Waals surface area contributed by atoms with E-state index in [9.17, 15) is 19.1 Å². The van der Waals surface area contributed by atoms with E-state index in [1.807, 2.05) is 6.07 Å². The molecule has 31 heavy (non-hydrogen) atoms. The van der Waals surface area contributed by atoms with Crippen LogP contribution in [0.1, 0.15) is 27.0 Å². The molecule has 0 radical (unpaired) electrons. The van der Waals surface area contributed by atoms with Gasteiger partial charge in [-0.05, 0) is 53.8 Å². The Hall–Kier alpha value is -4.07. The van der Waals surface area contributed by atoms with Gasteiger partial charge in [0, 0.05) is 25.1 Å². The predicted molar refractivity (Wildman–Crippen MR) is 113 cm³/mol. The van der Waals surface area contributed by atoms with Crippen LogP contribution >= 0.6 is 0 Å². The summed E-state index contributed by atoms with van der Waals surface area (Å²) in [6, 6.07) is 11.5. The topological polar surface area (TPSA) is 111 Å². The first-order valence-corrected chi connectivity index (χ1v) is 9.61. The summed E-state index contributed by atoms with van der Waals surface area (Å²) in [7, 11) is 0. The number of rotatable bonds is 6. The lowest BCUT2D eigenvalue weighted by Crippen LogP contribution is -2.31. The summed E-state index contributed by atoms with van der Waals surface area (Å²) in [4.78, 5) is 33.2. The maximum absolute atomic E-state index is 13.2. The van der Waals surface area contributed by atoms with Crippen LogP contribution in [0.2, 0.25) is 0 Å². The molecule has 4 rings (SSSR count). The molecule has 3 N–H and O–H groups in total. The van der Waals surface area contributed by atoms with Crippen LogP contribution < -0.4 is 11.3 Å². The summed E-state index contributed by atoms with van der Waals surface area (Å²) in [5, 5.41) is 10.5. The highest BCUT2D eigenvalue weighted by Crippen LogP contribution is 2.26. The third-order valence-electron chi connectivity index (χ3n) is 5.05. The third-order valence-corrected chi connectivity index (χ3v) is 5.05. The van der Waals surface area contributed by atoms with Crippen LogP contribution in [0.4, 0.5) is 4.39 Å². The molecule has 0 saturated carbocycles. The third kappa shape index (κ3) is 4.13. The maximum atomic E-state index is 13.2. The Morgan fingerprint density at radius 1 is 1.10 bits per heavy atom. The molecular formula is C23H19FN4O3. The molecule has 7 nitrogen and oxygen atoms in total. The summed E-state index contributed by atoms with van der Waals surface area (Å²) < 4.78 is 14.6. The first-order chi connectivity index (χ1) is 14.9. The molecule has 1 amide bonds. The molecule has 0 unspecified atom stereocenters. The van der Waals surface area contributed by atoms with Gasteiger partial charge in [0.15, 0.2) is 5.75 Å². The van der Waals surface area contributed by atoms with Crippen molar-refractivity contribution >= 4 is 16.9 Å². The van der Waals surface area contributed by atoms with Crippen molar-refractivity contribution in [2.24, 2.45) is 5.73 Å². The second-order valence-electron chi connectivity index (χ2n) is 7.17. The largest absolute Gasteiger partial charge is 0.505 e. The monoisotopic (exact) mass is 418 g/mol. The number of hydrogen-bond acceptors (Lipinski definition) is 5. The molecule has 3 aromatic heterocycles. The van der Waals surface area contributed by atoms with Crippen LogP contribution in [0.3, 0.4) is 0 Å². The second kappa shape index (κ2) is 8.35. The molecule has 0 bridgehead atoms. The zero-order valence-electron chi connectivity index (χ0n) is 16.5. The molecule has 3 heterocycles. The molecule has 156 valence electrons. The van der Waals surface area contributed by atoms with E-state index in [-0.39, 0.29) is 17.9 Å². The number of aromatic nitrogens is 3. The first kappa shape index (κ1) is 20.2. The van der Waals surface area contributed by atoms with E-state index in [4.69, 9.17) is 5.73 Å². The van der Waals surface area contributed by atoms with Gasteiger partial charge in [0.1, 0.15) is 16.9 Å². The Balaban J connectivity index is 1.81. The predicted octanol–water partition coefficient (Wildman–Crippen LogP) is 2.57. The fourth-order valence-electron chi connectivity index (χ4n) is 3.51. The summed E-state index contributed by atoms with van der Waals surface area (Å²) >= 11 is 0. The van der Waals surface area contributed by atoms with Crippen molar-refractivity contribution in [2.45, 2.75) is 19.4 Å². The average Bonchev–Trinajstić information content (AvgIpc) is 2.76. The molecule has 0 aliphatic rings. The Morgan fingerprint density at radius 2 is 1.87 bits per heavy atom. The molecule has 4 aromatic rings. The summed E-state index contributed by atoms with van der Waals surface area (Å²) in [6.45, 7) is 0.239. The van der Waals surface area contributed by atoms with Crippen LogP contribution in [0.25, 0.3) is 11.0 Å². The Morgan fingerprint density at radius 3 is 2.55 bits per heavy atom. The molecule has 8 heteroatoms. The van der Waals surface area contributed by atoms with E-state index in [0.29, 0.717) is 18.4 Å². The molecule has 0 aliphatic carbocycles. The molecular weight excluding hydrogens is 399 g/mol. The van der Waals surface area contributed by atoms with E-state index in [2.05, 4.69) is 9.97 Å². The minimum absolute atomic E-state index is 0.113. The van der Waals surface area contributed by atoms with Crippen molar-refractivity contribution in [3.05, 3.63) is 99.5 Å². The smallest absolute Gasteiger partial charge is 0.267 e. The van der Waals surface area contributed by atoms with Gasteiger partial charge in [-0.15, -0.1) is 0 Å². The number of nitrogens with zero attached hydrogens (tertiary/aromatic N) is 3. The summed E-state index contributed by atoms with van der Waals surface area (Å²) in [5.74, 6) is -1.87. The number of carbonyl (C=O) groups is 1. The standard InChI is InChI=1S/C23H19FN4O3/c24-17-5-3-14(4-6-17)10-16-11-18-20(27-13-16)21(29)19(22(25)30)23(31)28(18)9-7-15-2-1-8-26-12-15/h1-6,8,11-13,29H,7,9-10H2,(H2,25,30). The SMILES string of the molecule is NC(=O)c1c(O)c2ncc(Cc3ccc(F)cc3)cc2n(CCc2cccnc2)c1=O. The Kier molecular flexibility index (Phi) is 5.44. The van der Waals surface area contributed by atoms with Crippen molar-refractivity contribution in [2.75, 3.05) is 0 Å². The minimum Gasteiger partial charge on any atom is -0.505 e. The Labute approximate surface area is 176 Å². The van der Waals surface area contributed by atoms with Crippen molar-refractivity contribution in [1.82, 2.24) is 14.5 Å². The normalized spacial score (nSPS) is 11.0. The van der Waals surface area contributed by atoms with E-state index in [1.165, 1.54) is 16.7 Å².